The van der Waals surface area contributed by atoms with Gasteiger partial charge in [-0.2, -0.15) is 0 Å². The number of fused-ring (bicyclic) bond motifs is 1. The van der Waals surface area contributed by atoms with Crippen LogP contribution in [0.25, 0.3) is 10.8 Å². The summed E-state index contributed by atoms with van der Waals surface area (Å²) in [5.74, 6) is 1.84. The molecule has 0 amide bonds. The predicted molar refractivity (Wildman–Crippen MR) is 142 cm³/mol. The smallest absolute Gasteiger partial charge is 0.120 e. The number of pyridine rings is 1. The van der Waals surface area contributed by atoms with Gasteiger partial charge in [-0.05, 0) is 83.7 Å². The quantitative estimate of drug-likeness (QED) is 0.435. The van der Waals surface area contributed by atoms with Crippen LogP contribution in [-0.2, 0) is 6.54 Å². The molecule has 2 heterocycles. The van der Waals surface area contributed by atoms with E-state index < -0.39 is 0 Å². The highest BCUT2D eigenvalue weighted by molar-refractivity contribution is 5.84. The largest absolute Gasteiger partial charge is 0.490 e. The van der Waals surface area contributed by atoms with Crippen LogP contribution in [0.15, 0.2) is 60.9 Å². The summed E-state index contributed by atoms with van der Waals surface area (Å²) in [4.78, 5) is 9.25. The van der Waals surface area contributed by atoms with Crippen molar-refractivity contribution < 1.29 is 4.74 Å². The van der Waals surface area contributed by atoms with E-state index in [0.717, 1.165) is 44.4 Å². The average Bonchev–Trinajstić information content (AvgIpc) is 2.85. The Bertz CT molecular complexity index is 1080. The van der Waals surface area contributed by atoms with Crippen LogP contribution in [0.2, 0.25) is 0 Å². The Morgan fingerprint density at radius 2 is 1.62 bits per heavy atom. The molecule has 3 aromatic rings. The van der Waals surface area contributed by atoms with Gasteiger partial charge in [0.15, 0.2) is 0 Å². The van der Waals surface area contributed by atoms with E-state index in [2.05, 4.69) is 78.0 Å². The predicted octanol–water partition coefficient (Wildman–Crippen LogP) is 6.54. The SMILES string of the molecule is CC(C)(C)[C@H]1CC[C@H](Oc2ccc3cc(CN4CCN(c5cccnc5)CC4)ccc3c2)CC1. The van der Waals surface area contributed by atoms with Crippen molar-refractivity contribution in [2.24, 2.45) is 11.3 Å². The van der Waals surface area contributed by atoms with E-state index >= 15 is 0 Å². The molecule has 1 saturated heterocycles. The van der Waals surface area contributed by atoms with Crippen molar-refractivity contribution in [3.05, 3.63) is 66.5 Å². The molecule has 2 aromatic carbocycles. The highest BCUT2D eigenvalue weighted by atomic mass is 16.5. The molecule has 1 aliphatic heterocycles. The zero-order chi connectivity index (χ0) is 23.5. The number of ether oxygens (including phenoxy) is 1. The summed E-state index contributed by atoms with van der Waals surface area (Å²) in [6.45, 7) is 12.4. The van der Waals surface area contributed by atoms with Gasteiger partial charge in [0, 0.05) is 38.9 Å². The fraction of sp³-hybridized carbons (Fsp3) is 0.500. The van der Waals surface area contributed by atoms with Crippen molar-refractivity contribution in [2.45, 2.75) is 59.1 Å². The molecule has 1 saturated carbocycles. The molecule has 0 radical (unpaired) electrons. The number of anilines is 1. The second kappa shape index (κ2) is 9.95. The van der Waals surface area contributed by atoms with Gasteiger partial charge in [-0.3, -0.25) is 9.88 Å². The first kappa shape index (κ1) is 23.2. The van der Waals surface area contributed by atoms with Crippen molar-refractivity contribution in [1.29, 1.82) is 0 Å². The Morgan fingerprint density at radius 3 is 2.32 bits per heavy atom. The van der Waals surface area contributed by atoms with Gasteiger partial charge in [-0.15, -0.1) is 0 Å². The highest BCUT2D eigenvalue weighted by Gasteiger charge is 2.30. The summed E-state index contributed by atoms with van der Waals surface area (Å²) in [5, 5.41) is 2.57. The van der Waals surface area contributed by atoms with Crippen LogP contribution in [0, 0.1) is 11.3 Å². The Labute approximate surface area is 204 Å². The van der Waals surface area contributed by atoms with Crippen LogP contribution >= 0.6 is 0 Å². The number of hydrogen-bond donors (Lipinski definition) is 0. The molecule has 0 spiro atoms. The summed E-state index contributed by atoms with van der Waals surface area (Å²) < 4.78 is 6.41. The van der Waals surface area contributed by atoms with E-state index in [-0.39, 0.29) is 0 Å². The summed E-state index contributed by atoms with van der Waals surface area (Å²) in [5.41, 5.74) is 3.03. The molecule has 4 heteroatoms. The van der Waals surface area contributed by atoms with Gasteiger partial charge in [0.2, 0.25) is 0 Å². The fourth-order valence-corrected chi connectivity index (χ4v) is 5.65. The minimum atomic E-state index is 0.362. The molecule has 0 bridgehead atoms. The monoisotopic (exact) mass is 457 g/mol. The van der Waals surface area contributed by atoms with E-state index in [1.165, 1.54) is 47.7 Å². The average molecular weight is 458 g/mol. The molecular formula is C30H39N3O. The molecule has 2 aliphatic rings. The number of rotatable bonds is 5. The first-order chi connectivity index (χ1) is 16.4. The standard InChI is InChI=1S/C30H39N3O/c1-30(2,3)26-9-12-28(13-10-26)34-29-11-8-24-19-23(6-7-25(24)20-29)22-32-15-17-33(18-16-32)27-5-4-14-31-21-27/h4-8,11,14,19-21,26,28H,9-10,12-13,15-18,22H2,1-3H3/t26-,28-. The van der Waals surface area contributed by atoms with Crippen LogP contribution in [-0.4, -0.2) is 42.2 Å². The number of hydrogen-bond acceptors (Lipinski definition) is 4. The van der Waals surface area contributed by atoms with Crippen molar-refractivity contribution >= 4 is 16.5 Å². The molecule has 0 unspecified atom stereocenters. The molecular weight excluding hydrogens is 418 g/mol. The van der Waals surface area contributed by atoms with Gasteiger partial charge in [-0.1, -0.05) is 39.0 Å². The van der Waals surface area contributed by atoms with Gasteiger partial charge >= 0.3 is 0 Å². The lowest BCUT2D eigenvalue weighted by Gasteiger charge is -2.37. The van der Waals surface area contributed by atoms with E-state index in [0.29, 0.717) is 11.5 Å². The lowest BCUT2D eigenvalue weighted by atomic mass is 9.72. The van der Waals surface area contributed by atoms with Gasteiger partial charge in [-0.25, -0.2) is 0 Å². The lowest BCUT2D eigenvalue weighted by Crippen LogP contribution is -2.46. The topological polar surface area (TPSA) is 28.6 Å². The third kappa shape index (κ3) is 5.55. The Kier molecular flexibility index (Phi) is 6.78. The Morgan fingerprint density at radius 1 is 0.882 bits per heavy atom. The lowest BCUT2D eigenvalue weighted by molar-refractivity contribution is 0.0883. The third-order valence-electron chi connectivity index (χ3n) is 7.87. The normalized spacial score (nSPS) is 22.1. The number of aromatic nitrogens is 1. The molecule has 34 heavy (non-hydrogen) atoms. The second-order valence-corrected chi connectivity index (χ2v) is 11.3. The molecule has 0 N–H and O–H groups in total. The van der Waals surface area contributed by atoms with Crippen LogP contribution in [0.4, 0.5) is 5.69 Å². The Hall–Kier alpha value is -2.59. The van der Waals surface area contributed by atoms with Gasteiger partial charge < -0.3 is 9.64 Å². The van der Waals surface area contributed by atoms with Crippen LogP contribution in [0.3, 0.4) is 0 Å². The first-order valence-corrected chi connectivity index (χ1v) is 13.0. The van der Waals surface area contributed by atoms with Crippen LogP contribution < -0.4 is 9.64 Å². The van der Waals surface area contributed by atoms with Crippen molar-refractivity contribution in [3.8, 4) is 5.75 Å². The molecule has 1 aromatic heterocycles. The summed E-state index contributed by atoms with van der Waals surface area (Å²) in [6.07, 6.45) is 9.07. The number of nitrogens with zero attached hydrogens (tertiary/aromatic N) is 3. The molecule has 4 nitrogen and oxygen atoms in total. The number of piperazine rings is 1. The second-order valence-electron chi connectivity index (χ2n) is 11.3. The van der Waals surface area contributed by atoms with E-state index in [1.54, 1.807) is 0 Å². The molecule has 2 fully saturated rings. The fourth-order valence-electron chi connectivity index (χ4n) is 5.65. The van der Waals surface area contributed by atoms with E-state index in [1.807, 2.05) is 18.5 Å². The number of benzene rings is 2. The maximum Gasteiger partial charge on any atom is 0.120 e. The van der Waals surface area contributed by atoms with Crippen molar-refractivity contribution in [2.75, 3.05) is 31.1 Å². The van der Waals surface area contributed by atoms with E-state index in [4.69, 9.17) is 4.74 Å². The minimum absolute atomic E-state index is 0.362. The summed E-state index contributed by atoms with van der Waals surface area (Å²) in [6, 6.07) is 17.7. The van der Waals surface area contributed by atoms with Crippen molar-refractivity contribution in [1.82, 2.24) is 9.88 Å². The van der Waals surface area contributed by atoms with E-state index in [9.17, 15) is 0 Å². The van der Waals surface area contributed by atoms with Crippen LogP contribution in [0.1, 0.15) is 52.0 Å². The molecule has 5 rings (SSSR count). The maximum absolute atomic E-state index is 6.41. The minimum Gasteiger partial charge on any atom is -0.490 e. The zero-order valence-electron chi connectivity index (χ0n) is 21.0. The van der Waals surface area contributed by atoms with Gasteiger partial charge in [0.25, 0.3) is 0 Å². The molecule has 180 valence electrons. The van der Waals surface area contributed by atoms with Crippen molar-refractivity contribution in [3.63, 3.8) is 0 Å². The molecule has 1 aliphatic carbocycles. The highest BCUT2D eigenvalue weighted by Crippen LogP contribution is 2.39. The Balaban J connectivity index is 1.16. The van der Waals surface area contributed by atoms with Crippen LogP contribution in [0.5, 0.6) is 5.75 Å². The van der Waals surface area contributed by atoms with Gasteiger partial charge in [0.1, 0.15) is 5.75 Å². The molecule has 0 atom stereocenters. The third-order valence-corrected chi connectivity index (χ3v) is 7.87. The maximum atomic E-state index is 6.41. The zero-order valence-corrected chi connectivity index (χ0v) is 21.0. The van der Waals surface area contributed by atoms with Gasteiger partial charge in [0.05, 0.1) is 18.0 Å². The summed E-state index contributed by atoms with van der Waals surface area (Å²) in [7, 11) is 0. The summed E-state index contributed by atoms with van der Waals surface area (Å²) >= 11 is 0. The first-order valence-electron chi connectivity index (χ1n) is 13.0.